The van der Waals surface area contributed by atoms with Crippen LogP contribution in [0.3, 0.4) is 0 Å². The van der Waals surface area contributed by atoms with E-state index in [0.29, 0.717) is 22.1 Å². The Morgan fingerprint density at radius 3 is 2.28 bits per heavy atom. The van der Waals surface area contributed by atoms with Gasteiger partial charge in [0.1, 0.15) is 11.5 Å². The van der Waals surface area contributed by atoms with Crippen molar-refractivity contribution < 1.29 is 42.8 Å². The lowest BCUT2D eigenvalue weighted by Crippen LogP contribution is -2.41. The number of carbonyl (C=O) groups excluding carboxylic acids is 3. The second-order valence-electron chi connectivity index (χ2n) is 7.04. The lowest BCUT2D eigenvalue weighted by molar-refractivity contribution is -0.236. The van der Waals surface area contributed by atoms with E-state index in [2.05, 4.69) is 0 Å². The van der Waals surface area contributed by atoms with E-state index in [0.717, 1.165) is 0 Å². The first kappa shape index (κ1) is 23.2. The third-order valence-electron chi connectivity index (χ3n) is 4.98. The summed E-state index contributed by atoms with van der Waals surface area (Å²) in [5, 5.41) is 1.02. The molecule has 3 rings (SSSR count). The highest BCUT2D eigenvalue weighted by Crippen LogP contribution is 2.46. The minimum absolute atomic E-state index is 0.102. The van der Waals surface area contributed by atoms with Gasteiger partial charge in [-0.3, -0.25) is 9.59 Å². The Morgan fingerprint density at radius 2 is 1.69 bits per heavy atom. The molecule has 170 valence electrons. The van der Waals surface area contributed by atoms with Crippen LogP contribution in [0.15, 0.2) is 42.2 Å². The second-order valence-corrected chi connectivity index (χ2v) is 7.04. The van der Waals surface area contributed by atoms with Crippen LogP contribution in [0.2, 0.25) is 0 Å². The molecule has 0 spiro atoms. The second kappa shape index (κ2) is 9.37. The summed E-state index contributed by atoms with van der Waals surface area (Å²) in [5.41, 5.74) is 0.347. The van der Waals surface area contributed by atoms with Crippen molar-refractivity contribution in [2.75, 3.05) is 21.3 Å². The zero-order valence-corrected chi connectivity index (χ0v) is 18.4. The first-order chi connectivity index (χ1) is 15.2. The van der Waals surface area contributed by atoms with Gasteiger partial charge in [0, 0.05) is 45.3 Å². The lowest BCUT2D eigenvalue weighted by atomic mass is 9.92. The van der Waals surface area contributed by atoms with E-state index in [-0.39, 0.29) is 17.9 Å². The van der Waals surface area contributed by atoms with Crippen LogP contribution in [0.1, 0.15) is 25.8 Å². The number of fused-ring (bicyclic) bond motifs is 1. The maximum Gasteiger partial charge on any atom is 0.373 e. The quantitative estimate of drug-likeness (QED) is 0.491. The van der Waals surface area contributed by atoms with E-state index in [9.17, 15) is 14.4 Å². The van der Waals surface area contributed by atoms with Gasteiger partial charge < -0.3 is 28.4 Å². The number of carbonyl (C=O) groups is 3. The molecule has 2 aromatic rings. The van der Waals surface area contributed by atoms with Gasteiger partial charge in [0.2, 0.25) is 11.5 Å². The Kier molecular flexibility index (Phi) is 6.81. The smallest absolute Gasteiger partial charge is 0.373 e. The highest BCUT2D eigenvalue weighted by Gasteiger charge is 2.45. The average molecular weight is 444 g/mol. The summed E-state index contributed by atoms with van der Waals surface area (Å²) >= 11 is 0. The fourth-order valence-electron chi connectivity index (χ4n) is 3.61. The number of hydrogen-bond acceptors (Lipinski definition) is 9. The number of esters is 3. The summed E-state index contributed by atoms with van der Waals surface area (Å²) in [4.78, 5) is 35.7. The van der Waals surface area contributed by atoms with Crippen LogP contribution in [0.5, 0.6) is 11.5 Å². The van der Waals surface area contributed by atoms with E-state index in [4.69, 9.17) is 28.4 Å². The number of methoxy groups -OCH3 is 3. The van der Waals surface area contributed by atoms with E-state index in [1.54, 1.807) is 30.3 Å². The van der Waals surface area contributed by atoms with Crippen LogP contribution in [0.4, 0.5) is 0 Å². The molecule has 0 aliphatic carbocycles. The summed E-state index contributed by atoms with van der Waals surface area (Å²) in [6.07, 6.45) is 1.10. The zero-order valence-electron chi connectivity index (χ0n) is 18.4. The molecule has 0 unspecified atom stereocenters. The minimum atomic E-state index is -1.53. The molecule has 32 heavy (non-hydrogen) atoms. The van der Waals surface area contributed by atoms with E-state index >= 15 is 0 Å². The molecule has 2 atom stereocenters. The van der Waals surface area contributed by atoms with Gasteiger partial charge in [-0.1, -0.05) is 12.1 Å². The molecule has 0 saturated heterocycles. The van der Waals surface area contributed by atoms with E-state index < -0.39 is 29.8 Å². The number of ether oxygens (including phenoxy) is 6. The van der Waals surface area contributed by atoms with Crippen molar-refractivity contribution in [1.82, 2.24) is 0 Å². The molecular weight excluding hydrogens is 420 g/mol. The first-order valence-electron chi connectivity index (χ1n) is 9.74. The molecule has 0 amide bonds. The van der Waals surface area contributed by atoms with Crippen molar-refractivity contribution in [3.05, 3.63) is 47.7 Å². The van der Waals surface area contributed by atoms with E-state index in [1.807, 2.05) is 0 Å². The topological polar surface area (TPSA) is 107 Å². The highest BCUT2D eigenvalue weighted by atomic mass is 16.7. The maximum atomic E-state index is 12.2. The van der Waals surface area contributed by atoms with Crippen molar-refractivity contribution in [3.63, 3.8) is 0 Å². The molecule has 0 saturated carbocycles. The molecule has 0 radical (unpaired) electrons. The summed E-state index contributed by atoms with van der Waals surface area (Å²) in [6, 6.07) is 8.32. The van der Waals surface area contributed by atoms with Crippen molar-refractivity contribution in [1.29, 1.82) is 0 Å². The van der Waals surface area contributed by atoms with Gasteiger partial charge in [-0.05, 0) is 24.3 Å². The monoisotopic (exact) mass is 444 g/mol. The van der Waals surface area contributed by atoms with Gasteiger partial charge in [-0.2, -0.15) is 0 Å². The summed E-state index contributed by atoms with van der Waals surface area (Å²) in [6.45, 7) is 2.55. The lowest BCUT2D eigenvalue weighted by Gasteiger charge is -2.39. The van der Waals surface area contributed by atoms with Gasteiger partial charge in [-0.15, -0.1) is 0 Å². The molecule has 1 aliphatic heterocycles. The fraction of sp³-hybridized carbons (Fsp3) is 0.348. The third kappa shape index (κ3) is 4.44. The molecular formula is C23H24O9. The van der Waals surface area contributed by atoms with Gasteiger partial charge in [0.15, 0.2) is 0 Å². The van der Waals surface area contributed by atoms with Crippen molar-refractivity contribution >= 4 is 28.7 Å². The molecule has 0 N–H and O–H groups in total. The van der Waals surface area contributed by atoms with Gasteiger partial charge in [0.05, 0.1) is 18.8 Å². The predicted octanol–water partition coefficient (Wildman–Crippen LogP) is 2.98. The molecule has 2 aromatic carbocycles. The molecule has 0 bridgehead atoms. The summed E-state index contributed by atoms with van der Waals surface area (Å²) in [7, 11) is 4.12. The summed E-state index contributed by atoms with van der Waals surface area (Å²) < 4.78 is 32.8. The molecule has 9 nitrogen and oxygen atoms in total. The first-order valence-corrected chi connectivity index (χ1v) is 9.74. The van der Waals surface area contributed by atoms with E-state index in [1.165, 1.54) is 41.3 Å². The van der Waals surface area contributed by atoms with Crippen molar-refractivity contribution in [2.45, 2.75) is 32.2 Å². The van der Waals surface area contributed by atoms with Crippen molar-refractivity contribution in [3.8, 4) is 11.5 Å². The Bertz CT molecular complexity index is 1090. The largest absolute Gasteiger partial charge is 0.463 e. The minimum Gasteiger partial charge on any atom is -0.463 e. The molecule has 0 aromatic heterocycles. The summed E-state index contributed by atoms with van der Waals surface area (Å²) in [5.74, 6) is -2.96. The standard InChI is InChI=1S/C23H24O9/c1-13(24)30-19-8-6-7-17-16(19)9-10-18(21(17)31-14(2)25)23(29-5)12-15(27-3)11-20(32-23)22(26)28-4/h6-11,15H,12H2,1-5H3/t15-,23+/m1/s1. The number of rotatable bonds is 6. The SMILES string of the molecule is COC(=O)C1=C[C@@H](OC)C[C@@](OC)(c2ccc3c(OC(C)=O)cccc3c2OC(C)=O)O1. The number of benzene rings is 2. The van der Waals surface area contributed by atoms with Gasteiger partial charge >= 0.3 is 17.9 Å². The Balaban J connectivity index is 2.25. The molecule has 1 heterocycles. The third-order valence-corrected chi connectivity index (χ3v) is 4.98. The van der Waals surface area contributed by atoms with Crippen LogP contribution in [0.25, 0.3) is 10.8 Å². The number of hydrogen-bond donors (Lipinski definition) is 0. The van der Waals surface area contributed by atoms with Gasteiger partial charge in [-0.25, -0.2) is 4.79 Å². The van der Waals surface area contributed by atoms with Crippen LogP contribution >= 0.6 is 0 Å². The Hall–Kier alpha value is -3.43. The average Bonchev–Trinajstić information content (AvgIpc) is 2.77. The molecule has 9 heteroatoms. The van der Waals surface area contributed by atoms with Crippen LogP contribution in [-0.4, -0.2) is 45.3 Å². The predicted molar refractivity (Wildman–Crippen MR) is 112 cm³/mol. The maximum absolute atomic E-state index is 12.2. The zero-order chi connectivity index (χ0) is 23.5. The fourth-order valence-corrected chi connectivity index (χ4v) is 3.61. The molecule has 1 aliphatic rings. The van der Waals surface area contributed by atoms with Crippen LogP contribution in [-0.2, 0) is 39.1 Å². The van der Waals surface area contributed by atoms with Crippen molar-refractivity contribution in [2.24, 2.45) is 0 Å². The Labute approximate surface area is 184 Å². The van der Waals surface area contributed by atoms with Crippen LogP contribution < -0.4 is 9.47 Å². The van der Waals surface area contributed by atoms with Crippen LogP contribution in [0, 0.1) is 0 Å². The Morgan fingerprint density at radius 1 is 0.969 bits per heavy atom. The normalized spacial score (nSPS) is 20.2. The molecule has 0 fully saturated rings. The highest BCUT2D eigenvalue weighted by molar-refractivity contribution is 5.97. The van der Waals surface area contributed by atoms with Gasteiger partial charge in [0.25, 0.3) is 0 Å².